The van der Waals surface area contributed by atoms with Crippen LogP contribution in [0, 0.1) is 0 Å². The Morgan fingerprint density at radius 2 is 1.61 bits per heavy atom. The van der Waals surface area contributed by atoms with Gasteiger partial charge in [0.05, 0.1) is 16.2 Å². The highest BCUT2D eigenvalue weighted by Gasteiger charge is 2.15. The van der Waals surface area contributed by atoms with Crippen LogP contribution in [0.4, 0.5) is 0 Å². The van der Waals surface area contributed by atoms with Crippen molar-refractivity contribution < 1.29 is 0 Å². The molecule has 0 aromatic carbocycles. The van der Waals surface area contributed by atoms with Crippen LogP contribution in [-0.4, -0.2) is 9.97 Å². The second kappa shape index (κ2) is 5.93. The van der Waals surface area contributed by atoms with Crippen LogP contribution in [-0.2, 0) is 10.8 Å². The maximum absolute atomic E-state index is 4.21. The van der Waals surface area contributed by atoms with Crippen LogP contribution in [0.5, 0.6) is 0 Å². The van der Waals surface area contributed by atoms with Crippen molar-refractivity contribution >= 4 is 22.7 Å². The maximum Gasteiger partial charge on any atom is 0.0978 e. The van der Waals surface area contributed by atoms with E-state index in [9.17, 15) is 0 Å². The minimum atomic E-state index is 0.222. The van der Waals surface area contributed by atoms with E-state index in [4.69, 9.17) is 0 Å². The van der Waals surface area contributed by atoms with Crippen LogP contribution in [0.1, 0.15) is 52.2 Å². The molecule has 0 bridgehead atoms. The minimum absolute atomic E-state index is 0.222. The first-order chi connectivity index (χ1) is 8.21. The van der Waals surface area contributed by atoms with Gasteiger partial charge >= 0.3 is 0 Å². The normalized spacial score (nSPS) is 11.9. The number of hydrogen-bond donors (Lipinski definition) is 0. The third kappa shape index (κ3) is 4.86. The number of hydrogen-bond acceptors (Lipinski definition) is 4. The second-order valence-electron chi connectivity index (χ2n) is 6.21. The average Bonchev–Trinajstić information content (AvgIpc) is 2.91. The van der Waals surface area contributed by atoms with Gasteiger partial charge in [-0.15, -0.1) is 22.7 Å². The summed E-state index contributed by atoms with van der Waals surface area (Å²) in [7, 11) is 0. The van der Waals surface area contributed by atoms with E-state index < -0.39 is 0 Å². The van der Waals surface area contributed by atoms with Gasteiger partial charge < -0.3 is 0 Å². The fourth-order valence-electron chi connectivity index (χ4n) is 1.18. The zero-order valence-electron chi connectivity index (χ0n) is 12.0. The lowest BCUT2D eigenvalue weighted by Crippen LogP contribution is -2.10. The largest absolute Gasteiger partial charge is 0.249 e. The van der Waals surface area contributed by atoms with Crippen molar-refractivity contribution in [2.24, 2.45) is 0 Å². The van der Waals surface area contributed by atoms with E-state index in [0.717, 1.165) is 0 Å². The van der Waals surface area contributed by atoms with Crippen LogP contribution >= 0.6 is 22.7 Å². The first kappa shape index (κ1) is 15.3. The summed E-state index contributed by atoms with van der Waals surface area (Å²) in [5, 5.41) is 5.32. The molecule has 0 saturated heterocycles. The van der Waals surface area contributed by atoms with Crippen LogP contribution in [0.3, 0.4) is 0 Å². The van der Waals surface area contributed by atoms with Gasteiger partial charge in [0.1, 0.15) is 0 Å². The summed E-state index contributed by atoms with van der Waals surface area (Å²) in [6.45, 7) is 13.0. The molecule has 2 aromatic heterocycles. The Bertz CT molecular complexity index is 387. The number of thiazole rings is 2. The van der Waals surface area contributed by atoms with Crippen molar-refractivity contribution in [3.63, 3.8) is 0 Å². The molecule has 0 atom stereocenters. The van der Waals surface area contributed by atoms with Gasteiger partial charge in [-0.1, -0.05) is 41.5 Å². The first-order valence-corrected chi connectivity index (χ1v) is 7.82. The molecule has 0 aliphatic rings. The number of aromatic nitrogens is 2. The van der Waals surface area contributed by atoms with E-state index in [-0.39, 0.29) is 10.8 Å². The molecule has 2 nitrogen and oxygen atoms in total. The highest BCUT2D eigenvalue weighted by atomic mass is 32.1. The predicted molar refractivity (Wildman–Crippen MR) is 81.6 cm³/mol. The summed E-state index contributed by atoms with van der Waals surface area (Å²) in [5.74, 6) is 0. The number of nitrogens with zero attached hydrogens (tertiary/aromatic N) is 2. The van der Waals surface area contributed by atoms with Crippen LogP contribution in [0.15, 0.2) is 22.5 Å². The molecule has 2 rings (SSSR count). The molecule has 0 radical (unpaired) electrons. The van der Waals surface area contributed by atoms with Gasteiger partial charge in [-0.3, -0.25) is 0 Å². The molecule has 100 valence electrons. The Kier molecular flexibility index (Phi) is 5.05. The Balaban J connectivity index is 0.000000180. The quantitative estimate of drug-likeness (QED) is 0.688. The van der Waals surface area contributed by atoms with Crippen LogP contribution in [0.2, 0.25) is 0 Å². The van der Waals surface area contributed by atoms with E-state index in [1.165, 1.54) is 10.7 Å². The number of rotatable bonds is 0. The van der Waals surface area contributed by atoms with Gasteiger partial charge in [-0.25, -0.2) is 9.97 Å². The van der Waals surface area contributed by atoms with E-state index in [0.29, 0.717) is 0 Å². The van der Waals surface area contributed by atoms with Gasteiger partial charge in [0, 0.05) is 27.8 Å². The van der Waals surface area contributed by atoms with Gasteiger partial charge in [-0.05, 0) is 0 Å². The molecule has 2 aromatic rings. The van der Waals surface area contributed by atoms with E-state index >= 15 is 0 Å². The molecular formula is C14H22N2S2. The second-order valence-corrected chi connectivity index (χ2v) is 7.82. The molecule has 0 fully saturated rings. The fraction of sp³-hybridized carbons (Fsp3) is 0.571. The van der Waals surface area contributed by atoms with Gasteiger partial charge in [0.2, 0.25) is 0 Å². The minimum Gasteiger partial charge on any atom is -0.249 e. The molecule has 0 unspecified atom stereocenters. The van der Waals surface area contributed by atoms with Crippen LogP contribution < -0.4 is 0 Å². The lowest BCUT2D eigenvalue weighted by atomic mass is 9.93. The maximum atomic E-state index is 4.21. The van der Waals surface area contributed by atoms with Crippen molar-refractivity contribution in [1.29, 1.82) is 0 Å². The van der Waals surface area contributed by atoms with E-state index in [2.05, 4.69) is 56.9 Å². The van der Waals surface area contributed by atoms with Crippen molar-refractivity contribution in [2.45, 2.75) is 52.4 Å². The van der Waals surface area contributed by atoms with Crippen molar-refractivity contribution in [1.82, 2.24) is 9.97 Å². The Morgan fingerprint density at radius 3 is 1.83 bits per heavy atom. The van der Waals surface area contributed by atoms with Crippen LogP contribution in [0.25, 0.3) is 0 Å². The van der Waals surface area contributed by atoms with E-state index in [1.54, 1.807) is 22.7 Å². The summed E-state index contributed by atoms with van der Waals surface area (Å²) >= 11 is 3.37. The van der Waals surface area contributed by atoms with E-state index in [1.807, 2.05) is 17.1 Å². The summed E-state index contributed by atoms with van der Waals surface area (Å²) in [6, 6.07) is 0. The van der Waals surface area contributed by atoms with Gasteiger partial charge in [0.25, 0.3) is 0 Å². The molecule has 4 heteroatoms. The highest BCUT2D eigenvalue weighted by molar-refractivity contribution is 7.09. The molecule has 0 spiro atoms. The summed E-state index contributed by atoms with van der Waals surface area (Å²) in [6.07, 6.45) is 1.85. The summed E-state index contributed by atoms with van der Waals surface area (Å²) < 4.78 is 0. The first-order valence-electron chi connectivity index (χ1n) is 6.00. The lowest BCUT2D eigenvalue weighted by Gasteiger charge is -2.13. The Labute approximate surface area is 118 Å². The summed E-state index contributed by atoms with van der Waals surface area (Å²) in [4.78, 5) is 8.41. The Hall–Kier alpha value is -0.740. The monoisotopic (exact) mass is 282 g/mol. The average molecular weight is 282 g/mol. The third-order valence-corrected chi connectivity index (χ3v) is 4.06. The molecule has 0 aliphatic heterocycles. The predicted octanol–water partition coefficient (Wildman–Crippen LogP) is 4.88. The van der Waals surface area contributed by atoms with Gasteiger partial charge in [0.15, 0.2) is 0 Å². The van der Waals surface area contributed by atoms with Crippen molar-refractivity contribution in [3.8, 4) is 0 Å². The molecule has 2 heterocycles. The van der Waals surface area contributed by atoms with Crippen molar-refractivity contribution in [3.05, 3.63) is 33.2 Å². The molecule has 18 heavy (non-hydrogen) atoms. The standard InChI is InChI=1S/2C7H11NS/c1-7(2,3)6-4-9-5-8-6;1-7(2,3)6-8-4-5-9-6/h2*4-5H,1-3H3. The smallest absolute Gasteiger partial charge is 0.0978 e. The third-order valence-electron chi connectivity index (χ3n) is 2.27. The topological polar surface area (TPSA) is 25.8 Å². The molecular weight excluding hydrogens is 260 g/mol. The van der Waals surface area contributed by atoms with Crippen molar-refractivity contribution in [2.75, 3.05) is 0 Å². The molecule has 0 aliphatic carbocycles. The Morgan fingerprint density at radius 1 is 0.944 bits per heavy atom. The molecule has 0 N–H and O–H groups in total. The zero-order valence-corrected chi connectivity index (χ0v) is 13.7. The molecule has 0 amide bonds. The fourth-order valence-corrected chi connectivity index (χ4v) is 2.68. The highest BCUT2D eigenvalue weighted by Crippen LogP contribution is 2.23. The summed E-state index contributed by atoms with van der Waals surface area (Å²) in [5.41, 5.74) is 3.52. The molecule has 0 saturated carbocycles. The zero-order chi connectivity index (χ0) is 13.8. The lowest BCUT2D eigenvalue weighted by molar-refractivity contribution is 0.573. The SMILES string of the molecule is CC(C)(C)c1cscn1.CC(C)(C)c1nccs1. The van der Waals surface area contributed by atoms with Gasteiger partial charge in [-0.2, -0.15) is 0 Å².